The fourth-order valence-corrected chi connectivity index (χ4v) is 4.20. The van der Waals surface area contributed by atoms with Crippen molar-refractivity contribution in [3.63, 3.8) is 0 Å². The van der Waals surface area contributed by atoms with Crippen molar-refractivity contribution in [2.24, 2.45) is 0 Å². The van der Waals surface area contributed by atoms with Gasteiger partial charge in [0.2, 0.25) is 11.4 Å². The molecule has 4 aromatic heterocycles. The molecule has 0 aliphatic rings. The van der Waals surface area contributed by atoms with Crippen molar-refractivity contribution in [2.45, 2.75) is 0 Å². The van der Waals surface area contributed by atoms with E-state index in [9.17, 15) is 13.6 Å². The van der Waals surface area contributed by atoms with E-state index in [0.717, 1.165) is 33.2 Å². The highest BCUT2D eigenvalue weighted by Gasteiger charge is 2.04. The highest BCUT2D eigenvalue weighted by atomic mass is 19.1. The first kappa shape index (κ1) is 30.7. The van der Waals surface area contributed by atoms with Gasteiger partial charge in [0, 0.05) is 29.1 Å². The maximum Gasteiger partial charge on any atom is 0.248 e. The summed E-state index contributed by atoms with van der Waals surface area (Å²) >= 11 is 0. The molecule has 0 aliphatic heterocycles. The summed E-state index contributed by atoms with van der Waals surface area (Å²) in [6.45, 7) is -0.915. The molecule has 0 bridgehead atoms. The van der Waals surface area contributed by atoms with Crippen LogP contribution >= 0.6 is 0 Å². The summed E-state index contributed by atoms with van der Waals surface area (Å²) in [4.78, 5) is 26.8. The largest absolute Gasteiger partial charge is 0.491 e. The lowest BCUT2D eigenvalue weighted by Crippen LogP contribution is -2.03. The third-order valence-corrected chi connectivity index (χ3v) is 6.29. The van der Waals surface area contributed by atoms with Crippen LogP contribution in [0.4, 0.5) is 31.8 Å². The predicted octanol–water partition coefficient (Wildman–Crippen LogP) is 6.75. The third-order valence-electron chi connectivity index (χ3n) is 6.29. The quantitative estimate of drug-likeness (QED) is 0.146. The first-order chi connectivity index (χ1) is 22.0. The number of halogens is 2. The Bertz CT molecular complexity index is 1900. The zero-order valence-electron chi connectivity index (χ0n) is 24.3. The molecule has 0 saturated heterocycles. The predicted molar refractivity (Wildman–Crippen MR) is 171 cm³/mol. The van der Waals surface area contributed by atoms with Gasteiger partial charge in [-0.15, -0.1) is 0 Å². The van der Waals surface area contributed by atoms with E-state index in [1.807, 2.05) is 54.6 Å². The van der Waals surface area contributed by atoms with Crippen LogP contribution in [0.5, 0.6) is 17.4 Å². The van der Waals surface area contributed by atoms with Crippen LogP contribution in [-0.4, -0.2) is 53.6 Å². The second kappa shape index (κ2) is 15.1. The number of fused-ring (bicyclic) bond motifs is 2. The van der Waals surface area contributed by atoms with Gasteiger partial charge in [-0.2, -0.15) is 0 Å². The number of aromatic nitrogens is 4. The Morgan fingerprint density at radius 2 is 1.29 bits per heavy atom. The van der Waals surface area contributed by atoms with Crippen LogP contribution in [0, 0.1) is 0 Å². The summed E-state index contributed by atoms with van der Waals surface area (Å²) in [7, 11) is 1.58. The molecule has 0 saturated carbocycles. The average Bonchev–Trinajstić information content (AvgIpc) is 3.08. The molecule has 0 atom stereocenters. The number of hydrogen-bond donors (Lipinski definition) is 3. The first-order valence-electron chi connectivity index (χ1n) is 13.9. The number of pyridine rings is 4. The van der Waals surface area contributed by atoms with Crippen molar-refractivity contribution < 1.29 is 23.0 Å². The number of hydrogen-bond acceptors (Lipinski definition) is 9. The van der Waals surface area contributed by atoms with E-state index in [1.165, 1.54) is 6.07 Å². The van der Waals surface area contributed by atoms with Crippen molar-refractivity contribution in [2.75, 3.05) is 44.3 Å². The molecule has 12 heteroatoms. The maximum absolute atomic E-state index is 12.1. The molecule has 0 spiro atoms. The Labute approximate surface area is 257 Å². The number of ether oxygens (including phenoxy) is 3. The minimum absolute atomic E-state index is 0.0464. The summed E-state index contributed by atoms with van der Waals surface area (Å²) in [5, 5.41) is 8.13. The second-order valence-electron chi connectivity index (χ2n) is 9.46. The number of aromatic amines is 1. The SMILES string of the molecule is COc1ccc(Nc2ccc3cc(OCCF)ccc3n2)cn1.O=c1ccc(Nc2ccc3cc(OCCF)ccc3n2)c[nH]1. The number of rotatable bonds is 11. The van der Waals surface area contributed by atoms with Gasteiger partial charge in [0.15, 0.2) is 0 Å². The van der Waals surface area contributed by atoms with Gasteiger partial charge in [-0.1, -0.05) is 0 Å². The third kappa shape index (κ3) is 8.63. The molecule has 10 nitrogen and oxygen atoms in total. The summed E-state index contributed by atoms with van der Waals surface area (Å²) in [6, 6.07) is 25.2. The zero-order valence-corrected chi connectivity index (χ0v) is 24.3. The Hall–Kier alpha value is -5.78. The topological polar surface area (TPSA) is 123 Å². The fourth-order valence-electron chi connectivity index (χ4n) is 4.20. The summed E-state index contributed by atoms with van der Waals surface area (Å²) < 4.78 is 39.8. The van der Waals surface area contributed by atoms with E-state index >= 15 is 0 Å². The van der Waals surface area contributed by atoms with Crippen LogP contribution < -0.4 is 30.4 Å². The minimum atomic E-state index is -0.516. The van der Waals surface area contributed by atoms with Crippen LogP contribution in [0.25, 0.3) is 21.8 Å². The molecule has 6 aromatic rings. The minimum Gasteiger partial charge on any atom is -0.491 e. The molecule has 45 heavy (non-hydrogen) atoms. The molecular formula is C33H30F2N6O4. The Balaban J connectivity index is 0.000000178. The highest BCUT2D eigenvalue weighted by Crippen LogP contribution is 2.24. The molecule has 230 valence electrons. The second-order valence-corrected chi connectivity index (χ2v) is 9.46. The molecule has 2 aromatic carbocycles. The van der Waals surface area contributed by atoms with Crippen molar-refractivity contribution in [3.05, 3.63) is 108 Å². The van der Waals surface area contributed by atoms with E-state index in [1.54, 1.807) is 43.8 Å². The molecule has 0 amide bonds. The Kier molecular flexibility index (Phi) is 10.3. The molecule has 3 N–H and O–H groups in total. The van der Waals surface area contributed by atoms with Gasteiger partial charge in [-0.3, -0.25) is 4.79 Å². The van der Waals surface area contributed by atoms with Gasteiger partial charge in [0.1, 0.15) is 49.7 Å². The summed E-state index contributed by atoms with van der Waals surface area (Å²) in [5.41, 5.74) is 3.03. The zero-order chi connectivity index (χ0) is 31.4. The Morgan fingerprint density at radius 1 is 0.711 bits per heavy atom. The number of H-pyrrole nitrogens is 1. The van der Waals surface area contributed by atoms with Crippen LogP contribution in [0.3, 0.4) is 0 Å². The number of nitrogens with one attached hydrogen (secondary N) is 3. The van der Waals surface area contributed by atoms with Crippen LogP contribution in [0.1, 0.15) is 0 Å². The first-order valence-corrected chi connectivity index (χ1v) is 13.9. The molecule has 6 rings (SSSR count). The van der Waals surface area contributed by atoms with Crippen molar-refractivity contribution in [1.82, 2.24) is 19.9 Å². The van der Waals surface area contributed by atoms with Crippen molar-refractivity contribution in [3.8, 4) is 17.4 Å². The maximum atomic E-state index is 12.1. The van der Waals surface area contributed by atoms with Crippen LogP contribution in [0.2, 0.25) is 0 Å². The smallest absolute Gasteiger partial charge is 0.248 e. The van der Waals surface area contributed by atoms with Gasteiger partial charge < -0.3 is 29.8 Å². The molecule has 4 heterocycles. The van der Waals surface area contributed by atoms with Gasteiger partial charge >= 0.3 is 0 Å². The van der Waals surface area contributed by atoms with E-state index < -0.39 is 13.3 Å². The van der Waals surface area contributed by atoms with Gasteiger partial charge in [0.25, 0.3) is 0 Å². The number of benzene rings is 2. The number of alkyl halides is 2. The lowest BCUT2D eigenvalue weighted by molar-refractivity contribution is 0.273. The van der Waals surface area contributed by atoms with Crippen LogP contribution in [-0.2, 0) is 0 Å². The number of anilines is 4. The number of methoxy groups -OCH3 is 1. The Morgan fingerprint density at radius 3 is 1.78 bits per heavy atom. The monoisotopic (exact) mass is 612 g/mol. The lowest BCUT2D eigenvalue weighted by Gasteiger charge is -2.08. The molecule has 0 fully saturated rings. The fraction of sp³-hybridized carbons (Fsp3) is 0.152. The van der Waals surface area contributed by atoms with E-state index in [-0.39, 0.29) is 18.8 Å². The van der Waals surface area contributed by atoms with E-state index in [0.29, 0.717) is 29.0 Å². The van der Waals surface area contributed by atoms with Gasteiger partial charge in [-0.25, -0.2) is 23.7 Å². The van der Waals surface area contributed by atoms with E-state index in [2.05, 4.69) is 30.6 Å². The average molecular weight is 613 g/mol. The highest BCUT2D eigenvalue weighted by molar-refractivity contribution is 5.83. The van der Waals surface area contributed by atoms with Crippen molar-refractivity contribution >= 4 is 44.8 Å². The standard InChI is InChI=1S/C17H16FN3O2.C16H14FN3O2/c1-22-17-7-3-13(11-19-17)20-16-6-2-12-10-14(23-9-8-18)4-5-15(12)21-16;17-7-8-22-13-3-4-14-11(9-13)1-5-15(20-14)19-12-2-6-16(21)18-10-12/h2-7,10-11H,8-9H2,1H3,(H,20,21);1-6,9-10H,7-8H2,(H,18,21)(H,19,20). The number of nitrogens with zero attached hydrogens (tertiary/aromatic N) is 3. The molecular weight excluding hydrogens is 582 g/mol. The molecule has 0 unspecified atom stereocenters. The summed E-state index contributed by atoms with van der Waals surface area (Å²) in [6.07, 6.45) is 3.26. The molecule has 0 aliphatic carbocycles. The van der Waals surface area contributed by atoms with E-state index in [4.69, 9.17) is 14.2 Å². The van der Waals surface area contributed by atoms with Gasteiger partial charge in [0.05, 0.1) is 35.7 Å². The molecule has 0 radical (unpaired) electrons. The van der Waals surface area contributed by atoms with Crippen LogP contribution in [0.15, 0.2) is 102 Å². The normalized spacial score (nSPS) is 10.6. The van der Waals surface area contributed by atoms with Crippen molar-refractivity contribution in [1.29, 1.82) is 0 Å². The van der Waals surface area contributed by atoms with Gasteiger partial charge in [-0.05, 0) is 72.8 Å². The summed E-state index contributed by atoms with van der Waals surface area (Å²) in [5.74, 6) is 3.19. The lowest BCUT2D eigenvalue weighted by atomic mass is 10.2.